The first-order chi connectivity index (χ1) is 72.2. The number of benzene rings is 14. The minimum Gasteiger partial charge on any atom is -0.616 e. The van der Waals surface area contributed by atoms with Gasteiger partial charge in [-0.25, -0.2) is 29.8 Å². The molecule has 6 radical (unpaired) electrons. The third-order valence-electron chi connectivity index (χ3n) is 24.7. The number of aromatic nitrogens is 6. The van der Waals surface area contributed by atoms with E-state index in [1.54, 1.807) is 12.1 Å². The van der Waals surface area contributed by atoms with Crippen LogP contribution in [0.1, 0.15) is 144 Å². The molecule has 0 saturated heterocycles. The zero-order valence-electron chi connectivity index (χ0n) is 88.9. The van der Waals surface area contributed by atoms with Crippen molar-refractivity contribution in [1.29, 1.82) is 0 Å². The number of pyridine rings is 6. The second-order valence-corrected chi connectivity index (χ2v) is 43.0. The number of para-hydroxylation sites is 5. The largest absolute Gasteiger partial charge is 0.881 e. The molecular weight excluding hydrogens is 1950 g/mol. The quantitative estimate of drug-likeness (QED) is 0.0367. The molecule has 0 aliphatic heterocycles. The zero-order valence-corrected chi connectivity index (χ0v) is 95.8. The van der Waals surface area contributed by atoms with E-state index in [4.69, 9.17) is 52.0 Å². The van der Waals surface area contributed by atoms with Gasteiger partial charge in [0.2, 0.25) is 0 Å². The molecular formula is C125H119Al6N7O12. The molecule has 0 bridgehead atoms. The van der Waals surface area contributed by atoms with Crippen molar-refractivity contribution < 1.29 is 45.5 Å². The van der Waals surface area contributed by atoms with E-state index in [0.29, 0.717) is 17.0 Å². The van der Waals surface area contributed by atoms with Gasteiger partial charge in [-0.1, -0.05) is 236 Å². The predicted octanol–water partition coefficient (Wildman–Crippen LogP) is 30.2. The van der Waals surface area contributed by atoms with Crippen LogP contribution in [0.15, 0.2) is 328 Å². The van der Waals surface area contributed by atoms with Crippen molar-refractivity contribution in [2.75, 3.05) is 0 Å². The Morgan fingerprint density at radius 3 is 1.11 bits per heavy atom. The van der Waals surface area contributed by atoms with E-state index in [-0.39, 0.29) is 10.8 Å². The number of nitrogens with zero attached hydrogens (tertiary/aromatic N) is 7. The predicted molar refractivity (Wildman–Crippen MR) is 613 cm³/mol. The smallest absolute Gasteiger partial charge is 0.616 e. The summed E-state index contributed by atoms with van der Waals surface area (Å²) >= 11 is -4.01. The molecule has 20 aromatic rings. The van der Waals surface area contributed by atoms with Crippen LogP contribution < -0.4 is 45.5 Å². The third kappa shape index (κ3) is 30.3. The van der Waals surface area contributed by atoms with Crippen molar-refractivity contribution in [2.24, 2.45) is 0 Å². The maximum atomic E-state index is 7.26. The molecule has 0 aliphatic rings. The molecule has 14 aromatic carbocycles. The van der Waals surface area contributed by atoms with Gasteiger partial charge in [-0.05, 0) is 337 Å². The Hall–Kier alpha value is -13.9. The lowest BCUT2D eigenvalue weighted by Gasteiger charge is -2.26. The summed E-state index contributed by atoms with van der Waals surface area (Å²) in [4.78, 5) is 31.3. The van der Waals surface area contributed by atoms with Crippen LogP contribution >= 0.6 is 0 Å². The molecule has 0 unspecified atom stereocenters. The second kappa shape index (κ2) is 52.0. The highest BCUT2D eigenvalue weighted by Crippen LogP contribution is 2.39. The summed E-state index contributed by atoms with van der Waals surface area (Å²) in [5.74, 6) is 9.61. The first kappa shape index (κ1) is 110. The summed E-state index contributed by atoms with van der Waals surface area (Å²) in [6.07, 6.45) is 0.982. The van der Waals surface area contributed by atoms with Crippen molar-refractivity contribution in [1.82, 2.24) is 29.9 Å². The minimum absolute atomic E-state index is 0.0597. The zero-order chi connectivity index (χ0) is 106. The molecule has 25 heteroatoms. The Morgan fingerprint density at radius 1 is 0.233 bits per heavy atom. The summed E-state index contributed by atoms with van der Waals surface area (Å²) in [5.41, 5.74) is 27.4. The Bertz CT molecular complexity index is 8140. The maximum Gasteiger partial charge on any atom is 0.881 e. The van der Waals surface area contributed by atoms with Crippen LogP contribution in [-0.4, -0.2) is 125 Å². The lowest BCUT2D eigenvalue weighted by atomic mass is 9.80. The fourth-order valence-electron chi connectivity index (χ4n) is 17.0. The van der Waals surface area contributed by atoms with Crippen LogP contribution in [0.25, 0.3) is 92.2 Å². The first-order valence-corrected chi connectivity index (χ1v) is 55.5. The summed E-state index contributed by atoms with van der Waals surface area (Å²) in [6.45, 7) is 51.3. The number of rotatable bonds is 26. The molecule has 0 N–H and O–H groups in total. The van der Waals surface area contributed by atoms with Crippen molar-refractivity contribution in [3.05, 3.63) is 434 Å². The molecule has 0 spiro atoms. The summed E-state index contributed by atoms with van der Waals surface area (Å²) in [6, 6.07) is 110. The van der Waals surface area contributed by atoms with E-state index in [0.717, 1.165) is 180 Å². The molecule has 0 atom stereocenters. The number of hydrogen-bond donors (Lipinski definition) is 0. The van der Waals surface area contributed by atoms with E-state index in [9.17, 15) is 0 Å². The molecule has 744 valence electrons. The topological polar surface area (TPSA) is 192 Å². The standard InChI is InChI=1S/C14H22O.C12H13NO.C12H10O.C11H8N2O.4C11H11NO.C10H8O.C8H10O.2C7H8O.6Al/c1-13(2,3)10-7-11(14(4,5)6)9-12(15)8-10;1-3-9-7-8(2)13-12-10(9)5-4-6-11(12)14;13-12-8-6-11(7-9-12)10-4-2-1-3-5-10;1-7-3-4-8-9(12-2)5-6-10(14)11(8)13-7;1-7-5-9-4-3-8(2)12-11(9)10(13)6-7;3*1-7-6-8(2)12-11-9(7)4-3-5-10(11)13;11-10-6-5-8-3-1-2-4-9(8)7-10;1-6-3-7(2)5-8(9)4-6;1-6-2-4-7(8)5-3-6;1-6-4-2-3-5-7(6)8;;;;;;/h7-9,15H,1-6H3;4-7,14H,3H2,1-2H3;1-9,13H;3-6,14H,1H3;4*3-6,13H,1-2H3;1-7,11H;3-5,9H,1-2H3;2*2-5,8H,1H3;;;;;;/q;;;;;;;;;;;;6*+2/p-12. The first-order valence-electron chi connectivity index (χ1n) is 49.8. The summed E-state index contributed by atoms with van der Waals surface area (Å²) in [7, 11) is 0. The van der Waals surface area contributed by atoms with Gasteiger partial charge < -0.3 is 45.5 Å². The average molecular weight is 2070 g/mol. The molecule has 0 aliphatic carbocycles. The van der Waals surface area contributed by atoms with Crippen LogP contribution in [0.2, 0.25) is 0 Å². The number of fused-ring (bicyclic) bond motifs is 7. The molecule has 0 fully saturated rings. The van der Waals surface area contributed by atoms with Gasteiger partial charge in [0, 0.05) is 66.5 Å². The van der Waals surface area contributed by atoms with Gasteiger partial charge in [-0.2, -0.15) is 0 Å². The molecule has 6 heterocycles. The summed E-state index contributed by atoms with van der Waals surface area (Å²) in [5, 5.41) is 8.78. The van der Waals surface area contributed by atoms with Gasteiger partial charge in [0.1, 0.15) is 62.1 Å². The van der Waals surface area contributed by atoms with Gasteiger partial charge in [0.25, 0.3) is 0 Å². The van der Waals surface area contributed by atoms with E-state index in [1.165, 1.54) is 66.6 Å². The highest BCUT2D eigenvalue weighted by molar-refractivity contribution is 6.24. The highest BCUT2D eigenvalue weighted by Gasteiger charge is 2.25. The van der Waals surface area contributed by atoms with Crippen LogP contribution in [-0.2, 0) is 17.3 Å². The van der Waals surface area contributed by atoms with E-state index in [1.807, 2.05) is 237 Å². The fraction of sp³-hybridized carbons (Fsp3) is 0.192. The van der Waals surface area contributed by atoms with Crippen LogP contribution in [0.4, 0.5) is 5.69 Å². The van der Waals surface area contributed by atoms with Crippen LogP contribution in [0, 0.1) is 104 Å². The Morgan fingerprint density at radius 2 is 0.607 bits per heavy atom. The molecule has 0 amide bonds. The average Bonchev–Trinajstić information content (AvgIpc) is 0.792. The van der Waals surface area contributed by atoms with Crippen molar-refractivity contribution in [3.8, 4) is 80.1 Å². The van der Waals surface area contributed by atoms with Gasteiger partial charge in [0.05, 0.1) is 46.6 Å². The SMILES string of the molecule is CCc1cc(C)nc2c([O][Al][O]c3ccc(C)cc3)cccc12.Cc1cc(C)c2cccc([O][Al][O]c3cc(C(C)(C)C)cc(C(C)(C)C)c3)c2n1.Cc1cc(C)c2cccc([O][Al][O]c3ccc(-c4ccccc4)cc3)c2n1.Cc1cc(C)cc([O][Al][O]c2cccc3c(C)cc(C)nc23)c1.Cc1cc([O][Al][O]c2ccc3ccccc3c2)c2nc(C)ccc2c1.[C-]#[N+]c1ccc([O][Al][O]c2ccccc2C)c2nc(C)ccc12. The van der Waals surface area contributed by atoms with Crippen LogP contribution in [0.5, 0.6) is 69.0 Å². The Kier molecular flexibility index (Phi) is 38.2. The second-order valence-electron chi connectivity index (χ2n) is 39.0. The normalized spacial score (nSPS) is 10.9. The number of hydrogen-bond acceptors (Lipinski definition) is 18. The van der Waals surface area contributed by atoms with Gasteiger partial charge in [-0.15, -0.1) is 0 Å². The minimum atomic E-state index is -0.710. The molecule has 150 heavy (non-hydrogen) atoms. The summed E-state index contributed by atoms with van der Waals surface area (Å²) < 4.78 is 70.8. The Balaban J connectivity index is 0.000000135. The lowest BCUT2D eigenvalue weighted by Crippen LogP contribution is -2.18. The Labute approximate surface area is 921 Å². The molecule has 20 rings (SSSR count). The van der Waals surface area contributed by atoms with Gasteiger partial charge in [0.15, 0.2) is 5.69 Å². The van der Waals surface area contributed by atoms with Crippen molar-refractivity contribution in [2.45, 2.75) is 163 Å². The third-order valence-corrected chi connectivity index (χ3v) is 29.0. The van der Waals surface area contributed by atoms with E-state index >= 15 is 0 Å². The fourth-order valence-corrected chi connectivity index (χ4v) is 20.7. The van der Waals surface area contributed by atoms with Crippen LogP contribution in [0.3, 0.4) is 0 Å². The molecule has 6 aromatic heterocycles. The highest BCUT2D eigenvalue weighted by atomic mass is 27.2. The lowest BCUT2D eigenvalue weighted by molar-refractivity contribution is 0.457. The van der Waals surface area contributed by atoms with Gasteiger partial charge in [-0.3, -0.25) is 4.98 Å². The monoisotopic (exact) mass is 2070 g/mol. The maximum absolute atomic E-state index is 7.26. The van der Waals surface area contributed by atoms with E-state index < -0.39 is 95.3 Å². The van der Waals surface area contributed by atoms with Crippen molar-refractivity contribution in [3.63, 3.8) is 0 Å². The molecule has 0 saturated carbocycles. The number of aryl methyl sites for hydroxylation is 15. The molecule has 19 nitrogen and oxygen atoms in total. The van der Waals surface area contributed by atoms with Crippen molar-refractivity contribution >= 4 is 177 Å². The van der Waals surface area contributed by atoms with Gasteiger partial charge >= 0.3 is 95.3 Å². The van der Waals surface area contributed by atoms with E-state index in [2.05, 4.69) is 259 Å².